The molecule has 2 nitrogen and oxygen atoms in total. The van der Waals surface area contributed by atoms with E-state index in [2.05, 4.69) is 0 Å². The first-order valence-corrected chi connectivity index (χ1v) is 0.500. The molecule has 0 atom stereocenters. The molecular formula is CH2ClN2-. The molecule has 0 aromatic carbocycles. The minimum Gasteiger partial charge on any atom is -1.00 e. The maximum atomic E-state index is 5.62. The highest BCUT2D eigenvalue weighted by Gasteiger charge is 0.934. The van der Waals surface area contributed by atoms with Crippen molar-refractivity contribution in [3.05, 3.63) is 0 Å². The van der Waals surface area contributed by atoms with Gasteiger partial charge < -0.3 is 12.4 Å². The molecule has 0 fully saturated rings. The van der Waals surface area contributed by atoms with E-state index < -0.39 is 0 Å². The molecule has 0 aliphatic heterocycles. The lowest BCUT2D eigenvalue weighted by Gasteiger charge is -1.09. The quantitative estimate of drug-likeness (QED) is 0.296. The standard InChI is InChI=1S/CH2N2.ClH/c2-1-3;/h2-3H;1H/p-1. The molecule has 24 valence electrons. The third kappa shape index (κ3) is 6.88. The monoisotopic (exact) mass is 77.0 g/mol. The van der Waals surface area contributed by atoms with Crippen molar-refractivity contribution < 1.29 is 12.4 Å². The van der Waals surface area contributed by atoms with Gasteiger partial charge in [-0.3, -0.25) is 0 Å². The van der Waals surface area contributed by atoms with Crippen LogP contribution < -0.4 is 12.4 Å². The van der Waals surface area contributed by atoms with Gasteiger partial charge in [0, 0.05) is 0 Å². The summed E-state index contributed by atoms with van der Waals surface area (Å²) in [5, 5.41) is 11.2. The van der Waals surface area contributed by atoms with Gasteiger partial charge >= 0.3 is 0 Å². The minimum absolute atomic E-state index is 0. The van der Waals surface area contributed by atoms with Crippen LogP contribution in [0.25, 0.3) is 0 Å². The van der Waals surface area contributed by atoms with Crippen LogP contribution in [-0.4, -0.2) is 6.01 Å². The Balaban J connectivity index is 0. The van der Waals surface area contributed by atoms with Crippen LogP contribution in [-0.2, 0) is 0 Å². The van der Waals surface area contributed by atoms with Crippen molar-refractivity contribution in [3.63, 3.8) is 0 Å². The van der Waals surface area contributed by atoms with Gasteiger partial charge in [-0.1, -0.05) is 0 Å². The molecule has 0 aliphatic carbocycles. The first-order chi connectivity index (χ1) is 1.41. The Kier molecular flexibility index (Phi) is 38.9. The summed E-state index contributed by atoms with van der Waals surface area (Å²) in [7, 11) is 0. The summed E-state index contributed by atoms with van der Waals surface area (Å²) in [5.41, 5.74) is 0. The van der Waals surface area contributed by atoms with E-state index in [0.717, 1.165) is 0 Å². The number of nitrogens with one attached hydrogen (secondary N) is 2. The number of rotatable bonds is 0. The molecule has 0 unspecified atom stereocenters. The number of hydrogen-bond donors (Lipinski definition) is 2. The van der Waals surface area contributed by atoms with Gasteiger partial charge in [0.05, 0.1) is 6.01 Å². The van der Waals surface area contributed by atoms with Crippen LogP contribution in [0, 0.1) is 10.8 Å². The Hall–Kier alpha value is -0.330. The van der Waals surface area contributed by atoms with E-state index in [0.29, 0.717) is 0 Å². The van der Waals surface area contributed by atoms with Crippen LogP contribution in [0.5, 0.6) is 0 Å². The molecule has 0 saturated carbocycles. The summed E-state index contributed by atoms with van der Waals surface area (Å²) in [6, 6.07) is 1.25. The number of halogens is 1. The molecule has 0 aliphatic rings. The lowest BCUT2D eigenvalue weighted by molar-refractivity contribution is -0.00000115. The highest BCUT2D eigenvalue weighted by atomic mass is 35.5. The predicted octanol–water partition coefficient (Wildman–Crippen LogP) is -2.68. The average molecular weight is 77.5 g/mol. The Morgan fingerprint density at radius 1 is 1.25 bits per heavy atom. The van der Waals surface area contributed by atoms with E-state index in [-0.39, 0.29) is 12.4 Å². The fourth-order valence-electron chi connectivity index (χ4n) is 0. The van der Waals surface area contributed by atoms with Gasteiger partial charge in [0.25, 0.3) is 0 Å². The Bertz CT molecular complexity index is 27.0. The van der Waals surface area contributed by atoms with Crippen molar-refractivity contribution in [2.45, 2.75) is 0 Å². The third-order valence-electron chi connectivity index (χ3n) is 0. The van der Waals surface area contributed by atoms with Crippen LogP contribution >= 0.6 is 0 Å². The topological polar surface area (TPSA) is 47.7 Å². The van der Waals surface area contributed by atoms with Crippen LogP contribution in [0.4, 0.5) is 0 Å². The van der Waals surface area contributed by atoms with E-state index in [1.807, 2.05) is 0 Å². The fraction of sp³-hybridized carbons (Fsp3) is 0. The first kappa shape index (κ1) is 9.38. The Morgan fingerprint density at radius 3 is 1.25 bits per heavy atom. The second-order valence-corrected chi connectivity index (χ2v) is 0.125. The molecule has 2 N–H and O–H groups in total. The zero-order chi connectivity index (χ0) is 2.71. The highest BCUT2D eigenvalue weighted by molar-refractivity contribution is 5.29. The fourth-order valence-corrected chi connectivity index (χ4v) is 0. The highest BCUT2D eigenvalue weighted by Crippen LogP contribution is 0.920. The summed E-state index contributed by atoms with van der Waals surface area (Å²) >= 11 is 0. The van der Waals surface area contributed by atoms with Crippen molar-refractivity contribution in [2.24, 2.45) is 0 Å². The van der Waals surface area contributed by atoms with Gasteiger partial charge in [-0.25, -0.2) is 10.8 Å². The van der Waals surface area contributed by atoms with Gasteiger partial charge in [-0.15, -0.1) is 0 Å². The third-order valence-corrected chi connectivity index (χ3v) is 0. The molecule has 0 amide bonds. The molecule has 0 bridgehead atoms. The van der Waals surface area contributed by atoms with E-state index in [9.17, 15) is 0 Å². The second-order valence-electron chi connectivity index (χ2n) is 0.125. The van der Waals surface area contributed by atoms with Crippen LogP contribution in [0.3, 0.4) is 0 Å². The molecule has 0 spiro atoms. The molecular weight excluding hydrogens is 75.5 g/mol. The SMILES string of the molecule is N=C=N.[Cl-]. The summed E-state index contributed by atoms with van der Waals surface area (Å²) in [5.74, 6) is 0. The van der Waals surface area contributed by atoms with Crippen molar-refractivity contribution in [2.75, 3.05) is 0 Å². The lowest BCUT2D eigenvalue weighted by atomic mass is 11.6. The van der Waals surface area contributed by atoms with Gasteiger partial charge in [0.2, 0.25) is 0 Å². The Morgan fingerprint density at radius 2 is 1.25 bits per heavy atom. The van der Waals surface area contributed by atoms with Gasteiger partial charge in [-0.05, 0) is 0 Å². The molecule has 4 heavy (non-hydrogen) atoms. The molecule has 0 aromatic rings. The molecule has 3 heteroatoms. The smallest absolute Gasteiger partial charge is 0.0831 e. The summed E-state index contributed by atoms with van der Waals surface area (Å²) in [4.78, 5) is 0. The van der Waals surface area contributed by atoms with Crippen molar-refractivity contribution >= 4 is 6.01 Å². The van der Waals surface area contributed by atoms with Crippen LogP contribution in [0.2, 0.25) is 0 Å². The molecule has 0 rings (SSSR count). The van der Waals surface area contributed by atoms with Gasteiger partial charge in [-0.2, -0.15) is 0 Å². The summed E-state index contributed by atoms with van der Waals surface area (Å²) in [6.07, 6.45) is 0. The maximum absolute atomic E-state index is 5.62. The van der Waals surface area contributed by atoms with E-state index >= 15 is 0 Å². The van der Waals surface area contributed by atoms with E-state index in [1.54, 1.807) is 0 Å². The van der Waals surface area contributed by atoms with Crippen molar-refractivity contribution in [1.82, 2.24) is 0 Å². The average Bonchev–Trinajstić information content (AvgIpc) is 0.918. The second kappa shape index (κ2) is 16.6. The van der Waals surface area contributed by atoms with E-state index in [4.69, 9.17) is 10.8 Å². The van der Waals surface area contributed by atoms with Crippen LogP contribution in [0.15, 0.2) is 0 Å². The normalized spacial score (nSPS) is 2.00. The zero-order valence-corrected chi connectivity index (χ0v) is 2.63. The van der Waals surface area contributed by atoms with Crippen molar-refractivity contribution in [3.8, 4) is 0 Å². The molecule has 0 aromatic heterocycles. The largest absolute Gasteiger partial charge is 1.00 e. The molecule has 0 radical (unpaired) electrons. The van der Waals surface area contributed by atoms with Crippen LogP contribution in [0.1, 0.15) is 0 Å². The van der Waals surface area contributed by atoms with E-state index in [1.165, 1.54) is 6.01 Å². The summed E-state index contributed by atoms with van der Waals surface area (Å²) in [6.45, 7) is 0. The Labute approximate surface area is 30.3 Å². The molecule has 0 heterocycles. The molecule has 0 saturated heterocycles. The van der Waals surface area contributed by atoms with Gasteiger partial charge in [0.15, 0.2) is 0 Å². The maximum Gasteiger partial charge on any atom is 0.0831 e. The van der Waals surface area contributed by atoms with Gasteiger partial charge in [0.1, 0.15) is 0 Å². The number of hydrogen-bond acceptors (Lipinski definition) is 2. The summed E-state index contributed by atoms with van der Waals surface area (Å²) < 4.78 is 0. The minimum atomic E-state index is 0. The first-order valence-electron chi connectivity index (χ1n) is 0.500. The van der Waals surface area contributed by atoms with Crippen molar-refractivity contribution in [1.29, 1.82) is 10.8 Å². The predicted molar refractivity (Wildman–Crippen MR) is 10.4 cm³/mol. The lowest BCUT2D eigenvalue weighted by Crippen LogP contribution is -3.00. The zero-order valence-electron chi connectivity index (χ0n) is 1.88.